The van der Waals surface area contributed by atoms with Gasteiger partial charge in [-0.3, -0.25) is 0 Å². The number of hydrogen-bond acceptors (Lipinski definition) is 4. The molecule has 2 fully saturated rings. The average Bonchev–Trinajstić information content (AvgIpc) is 3.09. The zero-order chi connectivity index (χ0) is 14.1. The lowest BCUT2D eigenvalue weighted by molar-refractivity contribution is 0.318. The molecule has 0 bridgehead atoms. The molecular weight excluding hydrogens is 260 g/mol. The molecule has 4 rings (SSSR count). The van der Waals surface area contributed by atoms with Crippen molar-refractivity contribution >= 4 is 16.6 Å². The Balaban J connectivity index is 1.52. The van der Waals surface area contributed by atoms with E-state index >= 15 is 0 Å². The van der Waals surface area contributed by atoms with Gasteiger partial charge in [0.1, 0.15) is 0 Å². The molecule has 4 heteroatoms. The van der Waals surface area contributed by atoms with Crippen LogP contribution in [-0.4, -0.2) is 35.9 Å². The van der Waals surface area contributed by atoms with Gasteiger partial charge in [0.25, 0.3) is 0 Å². The number of fused-ring (bicyclic) bond motifs is 1. The van der Waals surface area contributed by atoms with Gasteiger partial charge in [-0.15, -0.1) is 5.10 Å². The Morgan fingerprint density at radius 1 is 1.10 bits per heavy atom. The molecule has 1 aromatic carbocycles. The topological polar surface area (TPSA) is 41.0 Å². The van der Waals surface area contributed by atoms with Gasteiger partial charge in [-0.1, -0.05) is 24.3 Å². The molecule has 0 saturated carbocycles. The van der Waals surface area contributed by atoms with Crippen LogP contribution in [0.3, 0.4) is 0 Å². The predicted octanol–water partition coefficient (Wildman–Crippen LogP) is 2.60. The summed E-state index contributed by atoms with van der Waals surface area (Å²) < 4.78 is 0. The first kappa shape index (κ1) is 13.0. The van der Waals surface area contributed by atoms with Crippen LogP contribution in [-0.2, 0) is 0 Å². The van der Waals surface area contributed by atoms with E-state index in [-0.39, 0.29) is 0 Å². The number of piperidine rings is 1. The summed E-state index contributed by atoms with van der Waals surface area (Å²) in [5, 5.41) is 14.7. The van der Waals surface area contributed by atoms with E-state index in [2.05, 4.69) is 44.7 Å². The van der Waals surface area contributed by atoms with Crippen LogP contribution in [0.1, 0.15) is 25.7 Å². The van der Waals surface area contributed by atoms with Gasteiger partial charge < -0.3 is 10.2 Å². The molecule has 2 aliphatic heterocycles. The molecule has 1 N–H and O–H groups in total. The van der Waals surface area contributed by atoms with E-state index in [4.69, 9.17) is 0 Å². The van der Waals surface area contributed by atoms with E-state index in [9.17, 15) is 0 Å². The van der Waals surface area contributed by atoms with Crippen molar-refractivity contribution in [1.29, 1.82) is 0 Å². The van der Waals surface area contributed by atoms with Crippen LogP contribution in [0.25, 0.3) is 10.8 Å². The van der Waals surface area contributed by atoms with Gasteiger partial charge in [-0.05, 0) is 38.1 Å². The Labute approximate surface area is 125 Å². The Kier molecular flexibility index (Phi) is 3.47. The Morgan fingerprint density at radius 2 is 1.95 bits per heavy atom. The van der Waals surface area contributed by atoms with Crippen molar-refractivity contribution < 1.29 is 0 Å². The smallest absolute Gasteiger partial charge is 0.159 e. The molecule has 1 aromatic heterocycles. The van der Waals surface area contributed by atoms with Crippen molar-refractivity contribution in [1.82, 2.24) is 15.5 Å². The van der Waals surface area contributed by atoms with Crippen LogP contribution in [0, 0.1) is 5.92 Å². The molecule has 4 nitrogen and oxygen atoms in total. The summed E-state index contributed by atoms with van der Waals surface area (Å²) in [5.74, 6) is 1.90. The highest BCUT2D eigenvalue weighted by Gasteiger charge is 2.29. The summed E-state index contributed by atoms with van der Waals surface area (Å²) in [6, 6.07) is 9.17. The first-order valence-corrected chi connectivity index (χ1v) is 8.10. The molecule has 21 heavy (non-hydrogen) atoms. The van der Waals surface area contributed by atoms with Crippen molar-refractivity contribution in [3.63, 3.8) is 0 Å². The average molecular weight is 282 g/mol. The van der Waals surface area contributed by atoms with E-state index in [1.807, 2.05) is 6.20 Å². The van der Waals surface area contributed by atoms with Crippen molar-refractivity contribution in [3.05, 3.63) is 30.5 Å². The minimum atomic E-state index is 0.755. The second kappa shape index (κ2) is 5.60. The molecule has 1 unspecified atom stereocenters. The van der Waals surface area contributed by atoms with Crippen LogP contribution < -0.4 is 10.2 Å². The third kappa shape index (κ3) is 2.48. The van der Waals surface area contributed by atoms with Crippen molar-refractivity contribution in [2.24, 2.45) is 5.92 Å². The quantitative estimate of drug-likeness (QED) is 0.919. The predicted molar refractivity (Wildman–Crippen MR) is 85.5 cm³/mol. The highest BCUT2D eigenvalue weighted by Crippen LogP contribution is 2.30. The Morgan fingerprint density at radius 3 is 2.76 bits per heavy atom. The van der Waals surface area contributed by atoms with Gasteiger partial charge in [0.15, 0.2) is 5.82 Å². The van der Waals surface area contributed by atoms with Crippen molar-refractivity contribution in [2.45, 2.75) is 31.7 Å². The lowest BCUT2D eigenvalue weighted by atomic mass is 9.88. The van der Waals surface area contributed by atoms with E-state index in [1.165, 1.54) is 43.0 Å². The number of hydrogen-bond donors (Lipinski definition) is 1. The lowest BCUT2D eigenvalue weighted by Crippen LogP contribution is -2.41. The van der Waals surface area contributed by atoms with Crippen LogP contribution in [0.2, 0.25) is 0 Å². The summed E-state index contributed by atoms with van der Waals surface area (Å²) >= 11 is 0. The zero-order valence-corrected chi connectivity index (χ0v) is 12.3. The maximum atomic E-state index is 4.41. The van der Waals surface area contributed by atoms with Gasteiger partial charge >= 0.3 is 0 Å². The second-order valence-electron chi connectivity index (χ2n) is 6.28. The van der Waals surface area contributed by atoms with Gasteiger partial charge in [0, 0.05) is 29.9 Å². The maximum Gasteiger partial charge on any atom is 0.159 e. The summed E-state index contributed by atoms with van der Waals surface area (Å²) in [6.07, 6.45) is 7.09. The molecule has 1 atom stereocenters. The summed E-state index contributed by atoms with van der Waals surface area (Å²) in [4.78, 5) is 2.42. The number of nitrogens with zero attached hydrogens (tertiary/aromatic N) is 3. The number of benzene rings is 1. The van der Waals surface area contributed by atoms with E-state index < -0.39 is 0 Å². The molecule has 0 amide bonds. The summed E-state index contributed by atoms with van der Waals surface area (Å²) in [6.45, 7) is 3.41. The van der Waals surface area contributed by atoms with Gasteiger partial charge in [0.05, 0.1) is 6.20 Å². The summed E-state index contributed by atoms with van der Waals surface area (Å²) in [7, 11) is 0. The molecule has 3 heterocycles. The molecule has 2 aliphatic rings. The van der Waals surface area contributed by atoms with Crippen LogP contribution in [0.15, 0.2) is 30.5 Å². The number of aromatic nitrogens is 2. The molecule has 2 saturated heterocycles. The fraction of sp³-hybridized carbons (Fsp3) is 0.529. The number of rotatable bonds is 2. The highest BCUT2D eigenvalue weighted by atomic mass is 15.3. The number of anilines is 1. The number of nitrogens with one attached hydrogen (secondary N) is 1. The Bertz CT molecular complexity index is 608. The zero-order valence-electron chi connectivity index (χ0n) is 12.3. The van der Waals surface area contributed by atoms with Gasteiger partial charge in [-0.2, -0.15) is 5.10 Å². The molecule has 0 aliphatic carbocycles. The third-order valence-corrected chi connectivity index (χ3v) is 5.06. The molecule has 0 spiro atoms. The van der Waals surface area contributed by atoms with Crippen molar-refractivity contribution in [2.75, 3.05) is 24.5 Å². The van der Waals surface area contributed by atoms with E-state index in [1.54, 1.807) is 0 Å². The second-order valence-corrected chi connectivity index (χ2v) is 6.28. The lowest BCUT2D eigenvalue weighted by Gasteiger charge is -2.35. The van der Waals surface area contributed by atoms with Crippen LogP contribution in [0.5, 0.6) is 0 Å². The molecular formula is C17H22N4. The Hall–Kier alpha value is -1.68. The van der Waals surface area contributed by atoms with E-state index in [0.717, 1.165) is 30.9 Å². The van der Waals surface area contributed by atoms with Gasteiger partial charge in [0.2, 0.25) is 0 Å². The summed E-state index contributed by atoms with van der Waals surface area (Å²) in [5.41, 5.74) is 0. The highest BCUT2D eigenvalue weighted by molar-refractivity contribution is 5.91. The first-order valence-electron chi connectivity index (χ1n) is 8.10. The monoisotopic (exact) mass is 282 g/mol. The molecule has 110 valence electrons. The normalized spacial score (nSPS) is 23.8. The molecule has 0 radical (unpaired) electrons. The fourth-order valence-corrected chi connectivity index (χ4v) is 3.87. The maximum absolute atomic E-state index is 4.41. The molecule has 2 aromatic rings. The minimum absolute atomic E-state index is 0.755. The van der Waals surface area contributed by atoms with Crippen LogP contribution >= 0.6 is 0 Å². The fourth-order valence-electron chi connectivity index (χ4n) is 3.87. The van der Waals surface area contributed by atoms with Crippen LogP contribution in [0.4, 0.5) is 5.82 Å². The SMILES string of the molecule is c1ccc2c(N3CCC(C4CCCN4)CC3)nncc2c1. The first-order chi connectivity index (χ1) is 10.4. The largest absolute Gasteiger partial charge is 0.355 e. The minimum Gasteiger partial charge on any atom is -0.355 e. The third-order valence-electron chi connectivity index (χ3n) is 5.06. The van der Waals surface area contributed by atoms with Crippen molar-refractivity contribution in [3.8, 4) is 0 Å². The van der Waals surface area contributed by atoms with Gasteiger partial charge in [-0.25, -0.2) is 0 Å². The standard InChI is InChI=1S/C17H22N4/c1-2-5-15-14(4-1)12-19-20-17(15)21-10-7-13(8-11-21)16-6-3-9-18-16/h1-2,4-5,12-13,16,18H,3,6-11H2. The van der Waals surface area contributed by atoms with E-state index in [0.29, 0.717) is 0 Å².